The standard InChI is InChI=1S/C13H27N3O2/c1-11(13(17)15-8-9-18-3)16(2)10-12-4-6-14-7-5-12/h11-12,14H,4-10H2,1-3H3,(H,15,17). The van der Waals surface area contributed by atoms with Gasteiger partial charge in [0.05, 0.1) is 12.6 Å². The highest BCUT2D eigenvalue weighted by Gasteiger charge is 2.21. The van der Waals surface area contributed by atoms with Crippen LogP contribution < -0.4 is 10.6 Å². The minimum absolute atomic E-state index is 0.0725. The maximum absolute atomic E-state index is 11.9. The van der Waals surface area contributed by atoms with Crippen LogP contribution in [0.5, 0.6) is 0 Å². The third-order valence-electron chi connectivity index (χ3n) is 3.65. The summed E-state index contributed by atoms with van der Waals surface area (Å²) < 4.78 is 4.92. The van der Waals surface area contributed by atoms with Gasteiger partial charge in [0.1, 0.15) is 0 Å². The minimum atomic E-state index is -0.0725. The van der Waals surface area contributed by atoms with Crippen molar-refractivity contribution in [2.24, 2.45) is 5.92 Å². The molecule has 1 heterocycles. The number of hydrogen-bond donors (Lipinski definition) is 2. The predicted molar refractivity (Wildman–Crippen MR) is 72.6 cm³/mol. The summed E-state index contributed by atoms with van der Waals surface area (Å²) >= 11 is 0. The molecule has 0 radical (unpaired) electrons. The van der Waals surface area contributed by atoms with Crippen molar-refractivity contribution < 1.29 is 9.53 Å². The highest BCUT2D eigenvalue weighted by Crippen LogP contribution is 2.13. The van der Waals surface area contributed by atoms with Crippen molar-refractivity contribution >= 4 is 5.91 Å². The van der Waals surface area contributed by atoms with Gasteiger partial charge in [-0.15, -0.1) is 0 Å². The van der Waals surface area contributed by atoms with Gasteiger partial charge in [0.2, 0.25) is 5.91 Å². The predicted octanol–water partition coefficient (Wildman–Crippen LogP) is 0.0689. The zero-order valence-corrected chi connectivity index (χ0v) is 11.9. The lowest BCUT2D eigenvalue weighted by atomic mass is 9.97. The highest BCUT2D eigenvalue weighted by molar-refractivity contribution is 5.81. The topological polar surface area (TPSA) is 53.6 Å². The van der Waals surface area contributed by atoms with Gasteiger partial charge in [0, 0.05) is 20.2 Å². The molecule has 1 fully saturated rings. The number of rotatable bonds is 7. The van der Waals surface area contributed by atoms with Crippen LogP contribution in [0.1, 0.15) is 19.8 Å². The monoisotopic (exact) mass is 257 g/mol. The number of piperidine rings is 1. The van der Waals surface area contributed by atoms with Crippen molar-refractivity contribution in [3.8, 4) is 0 Å². The smallest absolute Gasteiger partial charge is 0.237 e. The summed E-state index contributed by atoms with van der Waals surface area (Å²) in [6.07, 6.45) is 2.42. The Morgan fingerprint density at radius 1 is 1.50 bits per heavy atom. The maximum Gasteiger partial charge on any atom is 0.237 e. The Bertz CT molecular complexity index is 242. The van der Waals surface area contributed by atoms with Gasteiger partial charge >= 0.3 is 0 Å². The summed E-state index contributed by atoms with van der Waals surface area (Å²) in [5.41, 5.74) is 0. The van der Waals surface area contributed by atoms with E-state index >= 15 is 0 Å². The molecule has 1 aliphatic heterocycles. The number of nitrogens with one attached hydrogen (secondary N) is 2. The average molecular weight is 257 g/mol. The largest absolute Gasteiger partial charge is 0.383 e. The van der Waals surface area contributed by atoms with E-state index in [1.807, 2.05) is 14.0 Å². The lowest BCUT2D eigenvalue weighted by Gasteiger charge is -2.30. The molecule has 5 nitrogen and oxygen atoms in total. The zero-order chi connectivity index (χ0) is 13.4. The maximum atomic E-state index is 11.9. The second kappa shape index (κ2) is 8.45. The molecule has 1 rings (SSSR count). The van der Waals surface area contributed by atoms with Crippen LogP contribution in [-0.2, 0) is 9.53 Å². The van der Waals surface area contributed by atoms with Crippen molar-refractivity contribution in [2.75, 3.05) is 46.9 Å². The van der Waals surface area contributed by atoms with Crippen LogP contribution in [0.2, 0.25) is 0 Å². The van der Waals surface area contributed by atoms with Crippen LogP contribution in [0.4, 0.5) is 0 Å². The molecule has 0 aromatic heterocycles. The first-order valence-electron chi connectivity index (χ1n) is 6.82. The summed E-state index contributed by atoms with van der Waals surface area (Å²) in [5, 5.41) is 6.25. The van der Waals surface area contributed by atoms with E-state index in [0.29, 0.717) is 19.1 Å². The van der Waals surface area contributed by atoms with E-state index in [1.165, 1.54) is 12.8 Å². The van der Waals surface area contributed by atoms with Gasteiger partial charge < -0.3 is 15.4 Å². The highest BCUT2D eigenvalue weighted by atomic mass is 16.5. The van der Waals surface area contributed by atoms with Crippen LogP contribution in [0.25, 0.3) is 0 Å². The second-order valence-corrected chi connectivity index (χ2v) is 5.09. The number of nitrogens with zero attached hydrogens (tertiary/aromatic N) is 1. The number of carbonyl (C=O) groups is 1. The summed E-state index contributed by atoms with van der Waals surface area (Å²) in [6.45, 7) is 6.32. The lowest BCUT2D eigenvalue weighted by Crippen LogP contribution is -2.46. The Morgan fingerprint density at radius 3 is 2.78 bits per heavy atom. The van der Waals surface area contributed by atoms with Crippen LogP contribution in [0.3, 0.4) is 0 Å². The molecule has 0 spiro atoms. The van der Waals surface area contributed by atoms with Gasteiger partial charge in [-0.25, -0.2) is 0 Å². The summed E-state index contributed by atoms with van der Waals surface area (Å²) in [4.78, 5) is 14.0. The fourth-order valence-electron chi connectivity index (χ4n) is 2.25. The first kappa shape index (κ1) is 15.4. The third-order valence-corrected chi connectivity index (χ3v) is 3.65. The fraction of sp³-hybridized carbons (Fsp3) is 0.923. The molecular formula is C13H27N3O2. The van der Waals surface area contributed by atoms with Crippen molar-refractivity contribution in [2.45, 2.75) is 25.8 Å². The molecule has 0 saturated carbocycles. The molecule has 2 N–H and O–H groups in total. The SMILES string of the molecule is COCCNC(=O)C(C)N(C)CC1CCNCC1. The molecule has 0 aromatic carbocycles. The molecule has 1 saturated heterocycles. The fourth-order valence-corrected chi connectivity index (χ4v) is 2.25. The summed E-state index contributed by atoms with van der Waals surface area (Å²) in [7, 11) is 3.67. The number of hydrogen-bond acceptors (Lipinski definition) is 4. The Labute approximate surface area is 110 Å². The number of methoxy groups -OCH3 is 1. The van der Waals surface area contributed by atoms with E-state index in [9.17, 15) is 4.79 Å². The zero-order valence-electron chi connectivity index (χ0n) is 11.9. The summed E-state index contributed by atoms with van der Waals surface area (Å²) in [6, 6.07) is -0.0725. The Hall–Kier alpha value is -0.650. The normalized spacial score (nSPS) is 18.9. The third kappa shape index (κ3) is 5.33. The molecule has 5 heteroatoms. The number of likely N-dealkylation sites (N-methyl/N-ethyl adjacent to an activating group) is 1. The van der Waals surface area contributed by atoms with Crippen molar-refractivity contribution in [1.29, 1.82) is 0 Å². The van der Waals surface area contributed by atoms with Gasteiger partial charge in [-0.05, 0) is 45.8 Å². The van der Waals surface area contributed by atoms with Crippen LogP contribution in [0.15, 0.2) is 0 Å². The van der Waals surface area contributed by atoms with Gasteiger partial charge in [0.25, 0.3) is 0 Å². The van der Waals surface area contributed by atoms with Gasteiger partial charge in [-0.2, -0.15) is 0 Å². The second-order valence-electron chi connectivity index (χ2n) is 5.09. The van der Waals surface area contributed by atoms with E-state index in [-0.39, 0.29) is 11.9 Å². The molecular weight excluding hydrogens is 230 g/mol. The van der Waals surface area contributed by atoms with E-state index in [0.717, 1.165) is 19.6 Å². The first-order valence-corrected chi connectivity index (χ1v) is 6.82. The van der Waals surface area contributed by atoms with Crippen LogP contribution in [0, 0.1) is 5.92 Å². The molecule has 18 heavy (non-hydrogen) atoms. The lowest BCUT2D eigenvalue weighted by molar-refractivity contribution is -0.125. The molecule has 1 amide bonds. The average Bonchev–Trinajstić information content (AvgIpc) is 2.39. The first-order chi connectivity index (χ1) is 8.65. The summed E-state index contributed by atoms with van der Waals surface area (Å²) in [5.74, 6) is 0.800. The Kier molecular flexibility index (Phi) is 7.23. The van der Waals surface area contributed by atoms with E-state index in [2.05, 4.69) is 15.5 Å². The van der Waals surface area contributed by atoms with Crippen molar-refractivity contribution in [3.63, 3.8) is 0 Å². The molecule has 0 aromatic rings. The Morgan fingerprint density at radius 2 is 2.17 bits per heavy atom. The molecule has 1 aliphatic rings. The minimum Gasteiger partial charge on any atom is -0.383 e. The van der Waals surface area contributed by atoms with Crippen molar-refractivity contribution in [3.05, 3.63) is 0 Å². The van der Waals surface area contributed by atoms with Crippen LogP contribution in [-0.4, -0.2) is 63.8 Å². The van der Waals surface area contributed by atoms with Crippen molar-refractivity contribution in [1.82, 2.24) is 15.5 Å². The number of amides is 1. The van der Waals surface area contributed by atoms with Gasteiger partial charge in [0.15, 0.2) is 0 Å². The molecule has 0 aliphatic carbocycles. The Balaban J connectivity index is 2.25. The van der Waals surface area contributed by atoms with Gasteiger partial charge in [-0.3, -0.25) is 9.69 Å². The molecule has 0 bridgehead atoms. The van der Waals surface area contributed by atoms with Gasteiger partial charge in [-0.1, -0.05) is 0 Å². The quantitative estimate of drug-likeness (QED) is 0.634. The number of ether oxygens (including phenoxy) is 1. The number of carbonyl (C=O) groups excluding carboxylic acids is 1. The molecule has 1 atom stereocenters. The van der Waals surface area contributed by atoms with E-state index < -0.39 is 0 Å². The molecule has 106 valence electrons. The molecule has 1 unspecified atom stereocenters. The van der Waals surface area contributed by atoms with E-state index in [1.54, 1.807) is 7.11 Å². The van der Waals surface area contributed by atoms with E-state index in [4.69, 9.17) is 4.74 Å². The van der Waals surface area contributed by atoms with Crippen LogP contribution >= 0.6 is 0 Å².